The van der Waals surface area contributed by atoms with Gasteiger partial charge in [0.05, 0.1) is 25.4 Å². The van der Waals surface area contributed by atoms with Crippen LogP contribution in [0.5, 0.6) is 11.5 Å². The molecule has 1 aromatic carbocycles. The molecule has 0 saturated carbocycles. The van der Waals surface area contributed by atoms with Gasteiger partial charge in [-0.3, -0.25) is 0 Å². The molecule has 0 amide bonds. The fourth-order valence-electron chi connectivity index (χ4n) is 1.46. The van der Waals surface area contributed by atoms with Crippen molar-refractivity contribution in [2.24, 2.45) is 0 Å². The van der Waals surface area contributed by atoms with Crippen LogP contribution >= 0.6 is 0 Å². The minimum Gasteiger partial charge on any atom is -0.491 e. The maximum atomic E-state index is 11.8. The van der Waals surface area contributed by atoms with Gasteiger partial charge in [0, 0.05) is 6.07 Å². The van der Waals surface area contributed by atoms with Crippen LogP contribution in [0.1, 0.15) is 23.7 Å². The Morgan fingerprint density at radius 2 is 1.55 bits per heavy atom. The molecule has 1 aromatic rings. The van der Waals surface area contributed by atoms with Gasteiger partial charge in [0.1, 0.15) is 24.7 Å². The first-order chi connectivity index (χ1) is 9.71. The SMILES string of the molecule is CCCOC(=O)c1cc(OCCO)cc(OCCO)c1. The highest BCUT2D eigenvalue weighted by atomic mass is 16.5. The van der Waals surface area contributed by atoms with E-state index in [0.717, 1.165) is 6.42 Å². The van der Waals surface area contributed by atoms with Crippen LogP contribution in [0.25, 0.3) is 0 Å². The second kappa shape index (κ2) is 9.17. The first kappa shape index (κ1) is 16.3. The number of carbonyl (C=O) groups is 1. The summed E-state index contributed by atoms with van der Waals surface area (Å²) in [5.41, 5.74) is 0.307. The molecule has 0 aliphatic heterocycles. The van der Waals surface area contributed by atoms with Crippen LogP contribution in [-0.4, -0.2) is 49.2 Å². The minimum absolute atomic E-state index is 0.118. The van der Waals surface area contributed by atoms with Crippen LogP contribution in [0, 0.1) is 0 Å². The zero-order valence-corrected chi connectivity index (χ0v) is 11.5. The van der Waals surface area contributed by atoms with Crippen molar-refractivity contribution in [2.45, 2.75) is 13.3 Å². The van der Waals surface area contributed by atoms with Gasteiger partial charge in [-0.15, -0.1) is 0 Å². The van der Waals surface area contributed by atoms with Crippen molar-refractivity contribution in [3.8, 4) is 11.5 Å². The van der Waals surface area contributed by atoms with E-state index in [1.165, 1.54) is 12.1 Å². The van der Waals surface area contributed by atoms with Gasteiger partial charge < -0.3 is 24.4 Å². The van der Waals surface area contributed by atoms with E-state index in [-0.39, 0.29) is 26.4 Å². The van der Waals surface area contributed by atoms with Crippen molar-refractivity contribution in [2.75, 3.05) is 33.0 Å². The number of benzene rings is 1. The van der Waals surface area contributed by atoms with E-state index in [0.29, 0.717) is 23.7 Å². The van der Waals surface area contributed by atoms with Gasteiger partial charge in [-0.25, -0.2) is 4.79 Å². The number of rotatable bonds is 9. The van der Waals surface area contributed by atoms with E-state index in [2.05, 4.69) is 0 Å². The molecule has 0 fully saturated rings. The summed E-state index contributed by atoms with van der Waals surface area (Å²) in [6.45, 7) is 2.23. The molecule has 0 atom stereocenters. The molecule has 112 valence electrons. The minimum atomic E-state index is -0.463. The highest BCUT2D eigenvalue weighted by Gasteiger charge is 2.11. The van der Waals surface area contributed by atoms with Crippen LogP contribution in [0.2, 0.25) is 0 Å². The topological polar surface area (TPSA) is 85.2 Å². The molecule has 0 saturated heterocycles. The molecular weight excluding hydrogens is 264 g/mol. The molecular formula is C14H20O6. The van der Waals surface area contributed by atoms with Gasteiger partial charge in [0.15, 0.2) is 0 Å². The fraction of sp³-hybridized carbons (Fsp3) is 0.500. The maximum absolute atomic E-state index is 11.8. The summed E-state index contributed by atoms with van der Waals surface area (Å²) in [4.78, 5) is 11.8. The van der Waals surface area contributed by atoms with Crippen molar-refractivity contribution < 1.29 is 29.2 Å². The molecule has 6 nitrogen and oxygen atoms in total. The average Bonchev–Trinajstić information content (AvgIpc) is 2.48. The smallest absolute Gasteiger partial charge is 0.338 e. The molecule has 1 rings (SSSR count). The number of aliphatic hydroxyl groups is 2. The lowest BCUT2D eigenvalue weighted by molar-refractivity contribution is 0.0504. The van der Waals surface area contributed by atoms with Crippen LogP contribution in [0.4, 0.5) is 0 Å². The fourth-order valence-corrected chi connectivity index (χ4v) is 1.46. The summed E-state index contributed by atoms with van der Waals surface area (Å²) >= 11 is 0. The Labute approximate surface area is 117 Å². The van der Waals surface area contributed by atoms with E-state index in [4.69, 9.17) is 24.4 Å². The molecule has 20 heavy (non-hydrogen) atoms. The molecule has 0 heterocycles. The normalized spacial score (nSPS) is 10.2. The Morgan fingerprint density at radius 1 is 1.00 bits per heavy atom. The number of esters is 1. The number of aliphatic hydroxyl groups excluding tert-OH is 2. The van der Waals surface area contributed by atoms with Crippen LogP contribution in [0.3, 0.4) is 0 Å². The molecule has 0 aliphatic carbocycles. The van der Waals surface area contributed by atoms with Crippen molar-refractivity contribution in [1.29, 1.82) is 0 Å². The molecule has 0 unspecified atom stereocenters. The lowest BCUT2D eigenvalue weighted by atomic mass is 10.2. The Morgan fingerprint density at radius 3 is 2.00 bits per heavy atom. The summed E-state index contributed by atoms with van der Waals surface area (Å²) in [7, 11) is 0. The van der Waals surface area contributed by atoms with E-state index >= 15 is 0 Å². The molecule has 0 aliphatic rings. The zero-order valence-electron chi connectivity index (χ0n) is 11.5. The Hall–Kier alpha value is -1.79. The third-order valence-electron chi connectivity index (χ3n) is 2.27. The molecule has 0 spiro atoms. The third-order valence-corrected chi connectivity index (χ3v) is 2.27. The van der Waals surface area contributed by atoms with Crippen molar-refractivity contribution in [3.63, 3.8) is 0 Å². The highest BCUT2D eigenvalue weighted by molar-refractivity contribution is 5.90. The third kappa shape index (κ3) is 5.46. The largest absolute Gasteiger partial charge is 0.491 e. The maximum Gasteiger partial charge on any atom is 0.338 e. The lowest BCUT2D eigenvalue weighted by Crippen LogP contribution is -2.09. The monoisotopic (exact) mass is 284 g/mol. The molecule has 2 N–H and O–H groups in total. The van der Waals surface area contributed by atoms with E-state index in [9.17, 15) is 4.79 Å². The van der Waals surface area contributed by atoms with Gasteiger partial charge in [0.2, 0.25) is 0 Å². The second-order valence-corrected chi connectivity index (χ2v) is 3.97. The van der Waals surface area contributed by atoms with Gasteiger partial charge in [-0.05, 0) is 18.6 Å². The summed E-state index contributed by atoms with van der Waals surface area (Å²) in [5.74, 6) is 0.339. The number of hydrogen-bond donors (Lipinski definition) is 2. The van der Waals surface area contributed by atoms with E-state index in [1.54, 1.807) is 6.07 Å². The Balaban J connectivity index is 2.87. The standard InChI is InChI=1S/C14H20O6/c1-2-5-20-14(17)11-8-12(18-6-3-15)10-13(9-11)19-7-4-16/h8-10,15-16H,2-7H2,1H3. The number of ether oxygens (including phenoxy) is 3. The summed E-state index contributed by atoms with van der Waals surface area (Å²) in [6, 6.07) is 4.64. The molecule has 0 radical (unpaired) electrons. The summed E-state index contributed by atoms with van der Waals surface area (Å²) in [5, 5.41) is 17.5. The second-order valence-electron chi connectivity index (χ2n) is 3.97. The van der Waals surface area contributed by atoms with Gasteiger partial charge in [-0.2, -0.15) is 0 Å². The van der Waals surface area contributed by atoms with Crippen molar-refractivity contribution in [1.82, 2.24) is 0 Å². The summed E-state index contributed by atoms with van der Waals surface area (Å²) < 4.78 is 15.6. The van der Waals surface area contributed by atoms with Gasteiger partial charge >= 0.3 is 5.97 Å². The molecule has 6 heteroatoms. The highest BCUT2D eigenvalue weighted by Crippen LogP contribution is 2.23. The first-order valence-electron chi connectivity index (χ1n) is 6.50. The molecule has 0 bridgehead atoms. The number of carbonyl (C=O) groups excluding carboxylic acids is 1. The van der Waals surface area contributed by atoms with Gasteiger partial charge in [-0.1, -0.05) is 6.92 Å². The lowest BCUT2D eigenvalue weighted by Gasteiger charge is -2.11. The van der Waals surface area contributed by atoms with Crippen LogP contribution < -0.4 is 9.47 Å². The molecule has 0 aromatic heterocycles. The Bertz CT molecular complexity index is 392. The van der Waals surface area contributed by atoms with Crippen LogP contribution in [0.15, 0.2) is 18.2 Å². The Kier molecular flexibility index (Phi) is 7.46. The predicted molar refractivity (Wildman–Crippen MR) is 72.2 cm³/mol. The average molecular weight is 284 g/mol. The zero-order chi connectivity index (χ0) is 14.8. The quantitative estimate of drug-likeness (QED) is 0.658. The van der Waals surface area contributed by atoms with E-state index < -0.39 is 5.97 Å². The van der Waals surface area contributed by atoms with E-state index in [1.807, 2.05) is 6.92 Å². The van der Waals surface area contributed by atoms with Crippen molar-refractivity contribution >= 4 is 5.97 Å². The summed E-state index contributed by atoms with van der Waals surface area (Å²) in [6.07, 6.45) is 0.736. The van der Waals surface area contributed by atoms with Crippen LogP contribution in [-0.2, 0) is 4.74 Å². The first-order valence-corrected chi connectivity index (χ1v) is 6.50. The van der Waals surface area contributed by atoms with Crippen molar-refractivity contribution in [3.05, 3.63) is 23.8 Å². The number of hydrogen-bond acceptors (Lipinski definition) is 6. The van der Waals surface area contributed by atoms with Gasteiger partial charge in [0.25, 0.3) is 0 Å². The predicted octanol–water partition coefficient (Wildman–Crippen LogP) is 0.996.